The second-order valence-electron chi connectivity index (χ2n) is 5.41. The first-order valence-electron chi connectivity index (χ1n) is 6.97. The Morgan fingerprint density at radius 2 is 1.95 bits per heavy atom. The fraction of sp³-hybridized carbons (Fsp3) is 0.533. The molecule has 0 radical (unpaired) electrons. The van der Waals surface area contributed by atoms with E-state index in [2.05, 4.69) is 10.6 Å². The maximum Gasteiger partial charge on any atom is 0.315 e. The zero-order valence-corrected chi connectivity index (χ0v) is 12.5. The van der Waals surface area contributed by atoms with Gasteiger partial charge in [0.2, 0.25) is 0 Å². The molecule has 0 aliphatic heterocycles. The van der Waals surface area contributed by atoms with Crippen molar-refractivity contribution >= 4 is 6.03 Å². The monoisotopic (exact) mass is 300 g/mol. The van der Waals surface area contributed by atoms with E-state index in [-0.39, 0.29) is 11.5 Å². The summed E-state index contributed by atoms with van der Waals surface area (Å²) in [6, 6.07) is 2.76. The Labute approximate surface area is 123 Å². The highest BCUT2D eigenvalue weighted by atomic mass is 19.2. The van der Waals surface area contributed by atoms with Gasteiger partial charge >= 0.3 is 6.03 Å². The number of amides is 2. The zero-order valence-electron chi connectivity index (χ0n) is 12.5. The van der Waals surface area contributed by atoms with Crippen LogP contribution in [0.25, 0.3) is 0 Å². The SMILES string of the molecule is CC(O)CC(C)CNC(=O)NC(C)c1cccc(F)c1F. The van der Waals surface area contributed by atoms with Crippen LogP contribution in [0.1, 0.15) is 38.8 Å². The van der Waals surface area contributed by atoms with Crippen LogP contribution in [-0.2, 0) is 0 Å². The highest BCUT2D eigenvalue weighted by Gasteiger charge is 2.16. The minimum absolute atomic E-state index is 0.0992. The van der Waals surface area contributed by atoms with E-state index in [1.165, 1.54) is 12.1 Å². The number of benzene rings is 1. The van der Waals surface area contributed by atoms with Crippen LogP contribution in [0, 0.1) is 17.6 Å². The van der Waals surface area contributed by atoms with Crippen LogP contribution in [0.4, 0.5) is 13.6 Å². The molecule has 118 valence electrons. The lowest BCUT2D eigenvalue weighted by molar-refractivity contribution is 0.163. The number of carbonyl (C=O) groups is 1. The maximum absolute atomic E-state index is 13.6. The van der Waals surface area contributed by atoms with E-state index in [4.69, 9.17) is 0 Å². The molecule has 2 amide bonds. The fourth-order valence-corrected chi connectivity index (χ4v) is 2.11. The molecule has 0 bridgehead atoms. The van der Waals surface area contributed by atoms with E-state index in [0.29, 0.717) is 13.0 Å². The number of aliphatic hydroxyl groups is 1. The second kappa shape index (κ2) is 7.93. The first-order chi connectivity index (χ1) is 9.81. The van der Waals surface area contributed by atoms with Gasteiger partial charge in [0.05, 0.1) is 12.1 Å². The molecule has 0 spiro atoms. The lowest BCUT2D eigenvalue weighted by atomic mass is 10.1. The summed E-state index contributed by atoms with van der Waals surface area (Å²) in [7, 11) is 0. The lowest BCUT2D eigenvalue weighted by Gasteiger charge is -2.18. The number of hydrogen-bond donors (Lipinski definition) is 3. The van der Waals surface area contributed by atoms with Crippen LogP contribution >= 0.6 is 0 Å². The molecule has 0 aliphatic carbocycles. The summed E-state index contributed by atoms with van der Waals surface area (Å²) in [4.78, 5) is 11.7. The molecule has 0 saturated heterocycles. The molecule has 1 aromatic carbocycles. The van der Waals surface area contributed by atoms with E-state index in [1.807, 2.05) is 6.92 Å². The number of nitrogens with one attached hydrogen (secondary N) is 2. The summed E-state index contributed by atoms with van der Waals surface area (Å²) in [5.41, 5.74) is 0.0992. The molecule has 3 unspecified atom stereocenters. The van der Waals surface area contributed by atoms with Crippen molar-refractivity contribution in [1.82, 2.24) is 10.6 Å². The van der Waals surface area contributed by atoms with E-state index in [1.54, 1.807) is 13.8 Å². The lowest BCUT2D eigenvalue weighted by Crippen LogP contribution is -2.39. The number of hydrogen-bond acceptors (Lipinski definition) is 2. The Morgan fingerprint density at radius 3 is 2.57 bits per heavy atom. The van der Waals surface area contributed by atoms with Crippen molar-refractivity contribution in [2.75, 3.05) is 6.54 Å². The first-order valence-corrected chi connectivity index (χ1v) is 6.97. The van der Waals surface area contributed by atoms with Gasteiger partial charge in [0.15, 0.2) is 11.6 Å². The van der Waals surface area contributed by atoms with Crippen molar-refractivity contribution in [3.05, 3.63) is 35.4 Å². The highest BCUT2D eigenvalue weighted by molar-refractivity contribution is 5.74. The average molecular weight is 300 g/mol. The normalized spacial score (nSPS) is 15.1. The summed E-state index contributed by atoms with van der Waals surface area (Å²) >= 11 is 0. The molecule has 0 heterocycles. The van der Waals surface area contributed by atoms with E-state index in [9.17, 15) is 18.7 Å². The molecule has 0 aromatic heterocycles. The number of rotatable bonds is 6. The van der Waals surface area contributed by atoms with Crippen LogP contribution in [0.2, 0.25) is 0 Å². The molecular formula is C15H22F2N2O2. The molecule has 21 heavy (non-hydrogen) atoms. The third kappa shape index (κ3) is 5.67. The number of urea groups is 1. The van der Waals surface area contributed by atoms with E-state index < -0.39 is 29.8 Å². The quantitative estimate of drug-likeness (QED) is 0.756. The number of aliphatic hydroxyl groups excluding tert-OH is 1. The van der Waals surface area contributed by atoms with Gasteiger partial charge in [0, 0.05) is 12.1 Å². The van der Waals surface area contributed by atoms with Gasteiger partial charge in [0.1, 0.15) is 0 Å². The third-order valence-electron chi connectivity index (χ3n) is 3.15. The summed E-state index contributed by atoms with van der Waals surface area (Å²) in [6.07, 6.45) is 0.152. The van der Waals surface area contributed by atoms with E-state index in [0.717, 1.165) is 6.07 Å². The first kappa shape index (κ1) is 17.4. The minimum atomic E-state index is -0.951. The maximum atomic E-state index is 13.6. The van der Waals surface area contributed by atoms with Crippen molar-refractivity contribution in [2.24, 2.45) is 5.92 Å². The average Bonchev–Trinajstić information content (AvgIpc) is 2.38. The molecule has 0 fully saturated rings. The van der Waals surface area contributed by atoms with Crippen molar-refractivity contribution < 1.29 is 18.7 Å². The number of carbonyl (C=O) groups excluding carboxylic acids is 1. The molecule has 3 atom stereocenters. The van der Waals surface area contributed by atoms with Crippen molar-refractivity contribution in [3.8, 4) is 0 Å². The van der Waals surface area contributed by atoms with Crippen LogP contribution in [0.5, 0.6) is 0 Å². The molecule has 4 nitrogen and oxygen atoms in total. The Kier molecular flexibility index (Phi) is 6.55. The Morgan fingerprint density at radius 1 is 1.29 bits per heavy atom. The summed E-state index contributed by atoms with van der Waals surface area (Å²) in [6.45, 7) is 5.57. The fourth-order valence-electron chi connectivity index (χ4n) is 2.11. The van der Waals surface area contributed by atoms with Gasteiger partial charge in [-0.3, -0.25) is 0 Å². The van der Waals surface area contributed by atoms with Crippen molar-refractivity contribution in [2.45, 2.75) is 39.3 Å². The third-order valence-corrected chi connectivity index (χ3v) is 3.15. The van der Waals surface area contributed by atoms with Crippen molar-refractivity contribution in [3.63, 3.8) is 0 Å². The topological polar surface area (TPSA) is 61.4 Å². The Hall–Kier alpha value is -1.69. The van der Waals surface area contributed by atoms with Crippen molar-refractivity contribution in [1.29, 1.82) is 0 Å². The molecule has 6 heteroatoms. The zero-order chi connectivity index (χ0) is 16.0. The number of halogens is 2. The van der Waals surface area contributed by atoms with Crippen LogP contribution in [0.3, 0.4) is 0 Å². The van der Waals surface area contributed by atoms with Crippen LogP contribution in [0.15, 0.2) is 18.2 Å². The van der Waals surface area contributed by atoms with Gasteiger partial charge in [-0.1, -0.05) is 19.1 Å². The van der Waals surface area contributed by atoms with Gasteiger partial charge in [-0.2, -0.15) is 0 Å². The van der Waals surface area contributed by atoms with Gasteiger partial charge in [0.25, 0.3) is 0 Å². The predicted octanol–water partition coefficient (Wildman–Crippen LogP) is 2.73. The second-order valence-corrected chi connectivity index (χ2v) is 5.41. The molecule has 3 N–H and O–H groups in total. The summed E-state index contributed by atoms with van der Waals surface area (Å²) in [5.74, 6) is -1.77. The van der Waals surface area contributed by atoms with Gasteiger partial charge in [-0.15, -0.1) is 0 Å². The summed E-state index contributed by atoms with van der Waals surface area (Å²) < 4.78 is 26.7. The molecule has 1 rings (SSSR count). The molecule has 1 aromatic rings. The van der Waals surface area contributed by atoms with Crippen LogP contribution < -0.4 is 10.6 Å². The molecular weight excluding hydrogens is 278 g/mol. The minimum Gasteiger partial charge on any atom is -0.393 e. The predicted molar refractivity (Wildman–Crippen MR) is 76.8 cm³/mol. The van der Waals surface area contributed by atoms with Gasteiger partial charge in [-0.25, -0.2) is 13.6 Å². The highest BCUT2D eigenvalue weighted by Crippen LogP contribution is 2.18. The summed E-state index contributed by atoms with van der Waals surface area (Å²) in [5, 5.41) is 14.4. The van der Waals surface area contributed by atoms with Gasteiger partial charge in [-0.05, 0) is 32.3 Å². The van der Waals surface area contributed by atoms with Gasteiger partial charge < -0.3 is 15.7 Å². The molecule has 0 saturated carbocycles. The Balaban J connectivity index is 2.49. The molecule has 0 aliphatic rings. The smallest absolute Gasteiger partial charge is 0.315 e. The Bertz CT molecular complexity index is 481. The van der Waals surface area contributed by atoms with E-state index >= 15 is 0 Å². The largest absolute Gasteiger partial charge is 0.393 e. The van der Waals surface area contributed by atoms with Crippen LogP contribution in [-0.4, -0.2) is 23.8 Å². The standard InChI is InChI=1S/C15H22F2N2O2/c1-9(7-10(2)20)8-18-15(21)19-11(3)12-5-4-6-13(16)14(12)17/h4-6,9-11,20H,7-8H2,1-3H3,(H2,18,19,21).